The molecule has 0 spiro atoms. The lowest BCUT2D eigenvalue weighted by molar-refractivity contribution is 0.284. The molecule has 0 aliphatic heterocycles. The first-order valence-corrected chi connectivity index (χ1v) is 6.30. The maximum absolute atomic E-state index is 10.0. The Morgan fingerprint density at radius 2 is 2.24 bits per heavy atom. The van der Waals surface area contributed by atoms with Gasteiger partial charge < -0.3 is 16.3 Å². The van der Waals surface area contributed by atoms with Gasteiger partial charge in [0.25, 0.3) is 0 Å². The van der Waals surface area contributed by atoms with Crippen LogP contribution in [-0.2, 0) is 0 Å². The molecule has 96 valence electrons. The molecule has 5 N–H and O–H groups in total. The fourth-order valence-corrected chi connectivity index (χ4v) is 1.37. The van der Waals surface area contributed by atoms with Crippen LogP contribution in [0.1, 0.15) is 13.8 Å². The topological polar surface area (TPSA) is 107 Å². The van der Waals surface area contributed by atoms with Crippen molar-refractivity contribution in [1.29, 1.82) is 5.41 Å². The summed E-state index contributed by atoms with van der Waals surface area (Å²) in [5.41, 5.74) is 8.78. The standard InChI is InChI=1S/C10H18IN5O/c1-3-14-6-7(5-12)9(17)8(10(11)13)16-15-4-2/h5-6,9,13,15,17H,3-4,12H2,1-2H3/b7-5?,13-10?,14-6?,16-8-. The minimum atomic E-state index is -1.04. The molecule has 1 atom stereocenters. The van der Waals surface area contributed by atoms with Crippen molar-refractivity contribution in [2.24, 2.45) is 15.8 Å². The molecule has 0 aliphatic carbocycles. The fraction of sp³-hybridized carbons (Fsp3) is 0.500. The Morgan fingerprint density at radius 1 is 1.59 bits per heavy atom. The Labute approximate surface area is 115 Å². The van der Waals surface area contributed by atoms with Crippen LogP contribution in [0.25, 0.3) is 0 Å². The van der Waals surface area contributed by atoms with Gasteiger partial charge in [0.05, 0.1) is 0 Å². The molecule has 0 aromatic heterocycles. The zero-order valence-corrected chi connectivity index (χ0v) is 12.1. The van der Waals surface area contributed by atoms with Gasteiger partial charge in [0.15, 0.2) is 0 Å². The van der Waals surface area contributed by atoms with E-state index in [-0.39, 0.29) is 9.43 Å². The van der Waals surface area contributed by atoms with Crippen LogP contribution in [0, 0.1) is 5.41 Å². The van der Waals surface area contributed by atoms with Gasteiger partial charge in [-0.05, 0) is 36.4 Å². The molecule has 0 radical (unpaired) electrons. The summed E-state index contributed by atoms with van der Waals surface area (Å²) in [7, 11) is 0. The van der Waals surface area contributed by atoms with Crippen molar-refractivity contribution in [3.05, 3.63) is 11.8 Å². The van der Waals surface area contributed by atoms with Crippen molar-refractivity contribution in [3.63, 3.8) is 0 Å². The van der Waals surface area contributed by atoms with E-state index in [0.717, 1.165) is 0 Å². The predicted octanol–water partition coefficient (Wildman–Crippen LogP) is 0.658. The predicted molar refractivity (Wildman–Crippen MR) is 80.2 cm³/mol. The zero-order valence-electron chi connectivity index (χ0n) is 9.94. The molecule has 0 aromatic carbocycles. The fourth-order valence-electron chi connectivity index (χ4n) is 0.954. The number of hydrogen-bond donors (Lipinski definition) is 4. The van der Waals surface area contributed by atoms with Gasteiger partial charge in [-0.2, -0.15) is 5.10 Å². The highest BCUT2D eigenvalue weighted by Crippen LogP contribution is 2.05. The number of aliphatic hydroxyl groups excluding tert-OH is 1. The number of aliphatic hydroxyl groups is 1. The third-order valence-electron chi connectivity index (χ3n) is 1.77. The van der Waals surface area contributed by atoms with E-state index in [2.05, 4.69) is 15.5 Å². The number of nitrogens with two attached hydrogens (primary N) is 1. The highest BCUT2D eigenvalue weighted by Gasteiger charge is 2.19. The van der Waals surface area contributed by atoms with Crippen molar-refractivity contribution in [3.8, 4) is 0 Å². The average Bonchev–Trinajstić information content (AvgIpc) is 2.30. The number of hydrogen-bond acceptors (Lipinski definition) is 6. The van der Waals surface area contributed by atoms with E-state index < -0.39 is 6.10 Å². The lowest BCUT2D eigenvalue weighted by atomic mass is 10.1. The Bertz CT molecular complexity index is 338. The van der Waals surface area contributed by atoms with Gasteiger partial charge in [0.1, 0.15) is 15.5 Å². The van der Waals surface area contributed by atoms with Crippen LogP contribution in [0.15, 0.2) is 21.9 Å². The molecule has 0 amide bonds. The van der Waals surface area contributed by atoms with E-state index in [1.165, 1.54) is 12.4 Å². The Balaban J connectivity index is 4.99. The van der Waals surface area contributed by atoms with Crippen molar-refractivity contribution in [2.45, 2.75) is 20.0 Å². The maximum atomic E-state index is 10.0. The molecular weight excluding hydrogens is 333 g/mol. The second-order valence-electron chi connectivity index (χ2n) is 3.02. The first kappa shape index (κ1) is 16.0. The molecule has 0 rings (SSSR count). The van der Waals surface area contributed by atoms with Crippen LogP contribution in [0.4, 0.5) is 0 Å². The van der Waals surface area contributed by atoms with Crippen molar-refractivity contribution < 1.29 is 5.11 Å². The van der Waals surface area contributed by atoms with Crippen LogP contribution in [0.3, 0.4) is 0 Å². The largest absolute Gasteiger partial charge is 0.404 e. The van der Waals surface area contributed by atoms with Crippen LogP contribution >= 0.6 is 22.6 Å². The molecule has 0 bridgehead atoms. The first-order chi connectivity index (χ1) is 8.08. The summed E-state index contributed by atoms with van der Waals surface area (Å²) in [6.45, 7) is 4.98. The summed E-state index contributed by atoms with van der Waals surface area (Å²) in [5, 5.41) is 21.5. The molecular formula is C10H18IN5O. The lowest BCUT2D eigenvalue weighted by Gasteiger charge is -2.12. The zero-order chi connectivity index (χ0) is 13.3. The van der Waals surface area contributed by atoms with Crippen molar-refractivity contribution in [2.75, 3.05) is 13.1 Å². The average molecular weight is 351 g/mol. The van der Waals surface area contributed by atoms with Crippen molar-refractivity contribution >= 4 is 38.2 Å². The highest BCUT2D eigenvalue weighted by molar-refractivity contribution is 14.1. The van der Waals surface area contributed by atoms with E-state index in [1.54, 1.807) is 22.6 Å². The second-order valence-corrected chi connectivity index (χ2v) is 4.10. The Morgan fingerprint density at radius 3 is 2.65 bits per heavy atom. The molecule has 6 nitrogen and oxygen atoms in total. The number of rotatable bonds is 7. The SMILES string of the molecule is CCN=CC(=CN)C(O)/C(=N/NCC)C(=N)I. The molecule has 1 unspecified atom stereocenters. The van der Waals surface area contributed by atoms with Gasteiger partial charge in [-0.15, -0.1) is 0 Å². The summed E-state index contributed by atoms with van der Waals surface area (Å²) < 4.78 is 0.153. The van der Waals surface area contributed by atoms with Crippen LogP contribution in [-0.4, -0.2) is 39.9 Å². The highest BCUT2D eigenvalue weighted by atomic mass is 127. The molecule has 7 heteroatoms. The monoisotopic (exact) mass is 351 g/mol. The number of halogens is 1. The van der Waals surface area contributed by atoms with E-state index in [4.69, 9.17) is 11.1 Å². The van der Waals surface area contributed by atoms with Gasteiger partial charge in [-0.25, -0.2) is 0 Å². The second kappa shape index (κ2) is 9.11. The first-order valence-electron chi connectivity index (χ1n) is 5.22. The molecule has 0 fully saturated rings. The molecule has 0 aromatic rings. The summed E-state index contributed by atoms with van der Waals surface area (Å²) >= 11 is 1.79. The Hall–Kier alpha value is -0.960. The van der Waals surface area contributed by atoms with Gasteiger partial charge in [0, 0.05) is 31.1 Å². The molecule has 0 saturated heterocycles. The number of hydrazone groups is 1. The quantitative estimate of drug-likeness (QED) is 0.307. The van der Waals surface area contributed by atoms with E-state index in [9.17, 15) is 5.11 Å². The molecule has 0 aliphatic rings. The van der Waals surface area contributed by atoms with Gasteiger partial charge >= 0.3 is 0 Å². The van der Waals surface area contributed by atoms with Crippen LogP contribution < -0.4 is 11.2 Å². The third kappa shape index (κ3) is 5.78. The summed E-state index contributed by atoms with van der Waals surface area (Å²) in [4.78, 5) is 4.00. The number of nitrogens with zero attached hydrogens (tertiary/aromatic N) is 2. The van der Waals surface area contributed by atoms with Gasteiger partial charge in [-0.1, -0.05) is 0 Å². The van der Waals surface area contributed by atoms with Gasteiger partial charge in [-0.3, -0.25) is 10.4 Å². The maximum Gasteiger partial charge on any atom is 0.128 e. The van der Waals surface area contributed by atoms with E-state index in [0.29, 0.717) is 18.7 Å². The van der Waals surface area contributed by atoms with Crippen LogP contribution in [0.5, 0.6) is 0 Å². The summed E-state index contributed by atoms with van der Waals surface area (Å²) in [5.74, 6) is 0. The van der Waals surface area contributed by atoms with Gasteiger partial charge in [0.2, 0.25) is 0 Å². The molecule has 17 heavy (non-hydrogen) atoms. The number of nitrogens with one attached hydrogen (secondary N) is 2. The molecule has 0 heterocycles. The van der Waals surface area contributed by atoms with Crippen molar-refractivity contribution in [1.82, 2.24) is 5.43 Å². The van der Waals surface area contributed by atoms with E-state index >= 15 is 0 Å². The third-order valence-corrected chi connectivity index (χ3v) is 2.33. The minimum absolute atomic E-state index is 0.153. The smallest absolute Gasteiger partial charge is 0.128 e. The minimum Gasteiger partial charge on any atom is -0.404 e. The normalized spacial score (nSPS) is 15.1. The summed E-state index contributed by atoms with van der Waals surface area (Å²) in [6, 6.07) is 0. The van der Waals surface area contributed by atoms with Crippen LogP contribution in [0.2, 0.25) is 0 Å². The number of aliphatic imine (C=N–C) groups is 1. The Kier molecular flexibility index (Phi) is 8.60. The lowest BCUT2D eigenvalue weighted by Crippen LogP contribution is -2.30. The van der Waals surface area contributed by atoms with E-state index in [1.807, 2.05) is 13.8 Å². The molecule has 0 saturated carbocycles. The summed E-state index contributed by atoms with van der Waals surface area (Å²) in [6.07, 6.45) is 1.72.